The number of benzene rings is 1. The third-order valence-corrected chi connectivity index (χ3v) is 3.26. The number of nitrogens with zero attached hydrogens (tertiary/aromatic N) is 1. The lowest BCUT2D eigenvalue weighted by Crippen LogP contribution is -2.05. The Morgan fingerprint density at radius 3 is 2.33 bits per heavy atom. The highest BCUT2D eigenvalue weighted by atomic mass is 35.5. The Kier molecular flexibility index (Phi) is 4.13. The standard InChI is InChI=1S/C12H5Cl4NO/c13-6-1-2-9(15)8(3-6)12(18)11-10(16)4-7(14)5-17-11/h1-5H. The smallest absolute Gasteiger partial charge is 0.214 e. The first-order chi connectivity index (χ1) is 8.49. The molecule has 1 aromatic carbocycles. The summed E-state index contributed by atoms with van der Waals surface area (Å²) in [5.74, 6) is -0.399. The maximum Gasteiger partial charge on any atom is 0.214 e. The van der Waals surface area contributed by atoms with Crippen LogP contribution in [0.25, 0.3) is 0 Å². The average molecular weight is 321 g/mol. The second-order valence-electron chi connectivity index (χ2n) is 3.44. The topological polar surface area (TPSA) is 30.0 Å². The fourth-order valence-electron chi connectivity index (χ4n) is 1.38. The van der Waals surface area contributed by atoms with Crippen LogP contribution in [0.4, 0.5) is 0 Å². The van der Waals surface area contributed by atoms with Gasteiger partial charge in [0.1, 0.15) is 5.69 Å². The van der Waals surface area contributed by atoms with E-state index in [-0.39, 0.29) is 21.3 Å². The number of ketones is 1. The van der Waals surface area contributed by atoms with Crippen molar-refractivity contribution in [1.29, 1.82) is 0 Å². The predicted molar refractivity (Wildman–Crippen MR) is 74.2 cm³/mol. The third kappa shape index (κ3) is 2.78. The first-order valence-electron chi connectivity index (χ1n) is 4.80. The molecule has 0 atom stereocenters. The Bertz CT molecular complexity index is 627. The van der Waals surface area contributed by atoms with Crippen LogP contribution in [0.15, 0.2) is 30.5 Å². The molecule has 0 unspecified atom stereocenters. The van der Waals surface area contributed by atoms with E-state index in [2.05, 4.69) is 4.98 Å². The summed E-state index contributed by atoms with van der Waals surface area (Å²) >= 11 is 23.4. The second kappa shape index (κ2) is 5.45. The summed E-state index contributed by atoms with van der Waals surface area (Å²) in [4.78, 5) is 16.1. The van der Waals surface area contributed by atoms with E-state index in [1.807, 2.05) is 0 Å². The maximum absolute atomic E-state index is 12.2. The van der Waals surface area contributed by atoms with Crippen LogP contribution in [-0.2, 0) is 0 Å². The van der Waals surface area contributed by atoms with Gasteiger partial charge in [-0.05, 0) is 24.3 Å². The molecule has 6 heteroatoms. The molecule has 0 N–H and O–H groups in total. The Labute approximate surface area is 123 Å². The minimum absolute atomic E-state index is 0.0882. The molecule has 0 saturated carbocycles. The Morgan fingerprint density at radius 2 is 1.67 bits per heavy atom. The van der Waals surface area contributed by atoms with Gasteiger partial charge in [0.05, 0.1) is 15.1 Å². The molecule has 0 amide bonds. The number of rotatable bonds is 2. The Balaban J connectivity index is 2.51. The summed E-state index contributed by atoms with van der Waals surface area (Å²) in [7, 11) is 0. The maximum atomic E-state index is 12.2. The summed E-state index contributed by atoms with van der Waals surface area (Å²) in [6.45, 7) is 0. The second-order valence-corrected chi connectivity index (χ2v) is 5.12. The van der Waals surface area contributed by atoms with Crippen molar-refractivity contribution < 1.29 is 4.79 Å². The van der Waals surface area contributed by atoms with Gasteiger partial charge in [-0.25, -0.2) is 4.98 Å². The lowest BCUT2D eigenvalue weighted by Gasteiger charge is -2.05. The molecule has 2 aromatic rings. The molecule has 1 aromatic heterocycles. The number of pyridine rings is 1. The molecule has 1 heterocycles. The summed E-state index contributed by atoms with van der Waals surface area (Å²) in [5.41, 5.74) is 0.339. The fourth-order valence-corrected chi connectivity index (χ4v) is 2.22. The largest absolute Gasteiger partial charge is 0.287 e. The lowest BCUT2D eigenvalue weighted by molar-refractivity contribution is 0.103. The van der Waals surface area contributed by atoms with Crippen molar-refractivity contribution in [2.24, 2.45) is 0 Å². The van der Waals surface area contributed by atoms with Crippen molar-refractivity contribution in [1.82, 2.24) is 4.98 Å². The van der Waals surface area contributed by atoms with Crippen molar-refractivity contribution in [3.8, 4) is 0 Å². The molecule has 18 heavy (non-hydrogen) atoms. The van der Waals surface area contributed by atoms with Crippen molar-refractivity contribution in [3.05, 3.63) is 61.8 Å². The third-order valence-electron chi connectivity index (χ3n) is 2.20. The van der Waals surface area contributed by atoms with Gasteiger partial charge < -0.3 is 0 Å². The molecular formula is C12H5Cl4NO. The summed E-state index contributed by atoms with van der Waals surface area (Å²) in [6, 6.07) is 6.05. The number of halogens is 4. The van der Waals surface area contributed by atoms with Crippen LogP contribution in [0.2, 0.25) is 20.1 Å². The first-order valence-corrected chi connectivity index (χ1v) is 6.31. The minimum atomic E-state index is -0.399. The lowest BCUT2D eigenvalue weighted by atomic mass is 10.1. The average Bonchev–Trinajstić information content (AvgIpc) is 2.31. The molecule has 0 aliphatic rings. The van der Waals surface area contributed by atoms with Crippen LogP contribution in [0.5, 0.6) is 0 Å². The van der Waals surface area contributed by atoms with Crippen LogP contribution in [0.1, 0.15) is 16.1 Å². The van der Waals surface area contributed by atoms with Crippen molar-refractivity contribution in [2.45, 2.75) is 0 Å². The molecular weight excluding hydrogens is 316 g/mol. The monoisotopic (exact) mass is 319 g/mol. The van der Waals surface area contributed by atoms with Crippen LogP contribution < -0.4 is 0 Å². The molecule has 0 bridgehead atoms. The minimum Gasteiger partial charge on any atom is -0.287 e. The highest BCUT2D eigenvalue weighted by Gasteiger charge is 2.18. The summed E-state index contributed by atoms with van der Waals surface area (Å²) in [5, 5.41) is 1.22. The van der Waals surface area contributed by atoms with E-state index in [0.29, 0.717) is 10.0 Å². The van der Waals surface area contributed by atoms with E-state index in [9.17, 15) is 4.79 Å². The van der Waals surface area contributed by atoms with E-state index in [0.717, 1.165) is 0 Å². The molecule has 0 aliphatic heterocycles. The van der Waals surface area contributed by atoms with Crippen molar-refractivity contribution in [2.75, 3.05) is 0 Å². The molecule has 0 spiro atoms. The number of carbonyl (C=O) groups excluding carboxylic acids is 1. The molecule has 0 fully saturated rings. The Hall–Kier alpha value is -0.800. The van der Waals surface area contributed by atoms with Gasteiger partial charge in [-0.3, -0.25) is 4.79 Å². The first kappa shape index (κ1) is 13.6. The van der Waals surface area contributed by atoms with Crippen LogP contribution in [-0.4, -0.2) is 10.8 Å². The van der Waals surface area contributed by atoms with Crippen LogP contribution in [0, 0.1) is 0 Å². The number of hydrogen-bond donors (Lipinski definition) is 0. The van der Waals surface area contributed by atoms with Crippen LogP contribution >= 0.6 is 46.4 Å². The zero-order chi connectivity index (χ0) is 13.3. The summed E-state index contributed by atoms with van der Waals surface area (Å²) < 4.78 is 0. The molecule has 0 aliphatic carbocycles. The molecule has 0 radical (unpaired) electrons. The number of hydrogen-bond acceptors (Lipinski definition) is 2. The van der Waals surface area contributed by atoms with Gasteiger partial charge in [-0.2, -0.15) is 0 Å². The van der Waals surface area contributed by atoms with Gasteiger partial charge in [0, 0.05) is 16.8 Å². The van der Waals surface area contributed by atoms with E-state index in [4.69, 9.17) is 46.4 Å². The zero-order valence-corrected chi connectivity index (χ0v) is 11.8. The van der Waals surface area contributed by atoms with Crippen LogP contribution in [0.3, 0.4) is 0 Å². The SMILES string of the molecule is O=C(c1cc(Cl)ccc1Cl)c1ncc(Cl)cc1Cl. The van der Waals surface area contributed by atoms with Gasteiger partial charge in [-0.1, -0.05) is 46.4 Å². The molecule has 2 rings (SSSR count). The highest BCUT2D eigenvalue weighted by molar-refractivity contribution is 6.39. The van der Waals surface area contributed by atoms with E-state index >= 15 is 0 Å². The van der Waals surface area contributed by atoms with E-state index in [1.54, 1.807) is 12.1 Å². The van der Waals surface area contributed by atoms with Crippen molar-refractivity contribution in [3.63, 3.8) is 0 Å². The fraction of sp³-hybridized carbons (Fsp3) is 0. The van der Waals surface area contributed by atoms with Gasteiger partial charge in [0.15, 0.2) is 0 Å². The van der Waals surface area contributed by atoms with Crippen molar-refractivity contribution >= 4 is 52.2 Å². The zero-order valence-electron chi connectivity index (χ0n) is 8.75. The Morgan fingerprint density at radius 1 is 0.944 bits per heavy atom. The van der Waals surface area contributed by atoms with Gasteiger partial charge in [0.2, 0.25) is 5.78 Å². The predicted octanol–water partition coefficient (Wildman–Crippen LogP) is 4.93. The normalized spacial score (nSPS) is 10.4. The number of carbonyl (C=O) groups is 1. The quantitative estimate of drug-likeness (QED) is 0.735. The molecule has 0 saturated heterocycles. The summed E-state index contributed by atoms with van der Waals surface area (Å²) in [6.07, 6.45) is 1.35. The van der Waals surface area contributed by atoms with Gasteiger partial charge >= 0.3 is 0 Å². The van der Waals surface area contributed by atoms with Gasteiger partial charge in [0.25, 0.3) is 0 Å². The molecule has 92 valence electrons. The van der Waals surface area contributed by atoms with Gasteiger partial charge in [-0.15, -0.1) is 0 Å². The van der Waals surface area contributed by atoms with E-state index < -0.39 is 5.78 Å². The number of aromatic nitrogens is 1. The molecule has 2 nitrogen and oxygen atoms in total. The highest BCUT2D eigenvalue weighted by Crippen LogP contribution is 2.26. The van der Waals surface area contributed by atoms with E-state index in [1.165, 1.54) is 18.3 Å².